The Morgan fingerprint density at radius 1 is 1.08 bits per heavy atom. The molecule has 0 spiro atoms. The zero-order valence-corrected chi connectivity index (χ0v) is 6.44. The maximum atomic E-state index is 8.71. The van der Waals surface area contributed by atoms with Gasteiger partial charge in [-0.25, -0.2) is 4.98 Å². The maximum Gasteiger partial charge on any atom is 0.0838 e. The van der Waals surface area contributed by atoms with Crippen LogP contribution in [0.25, 0.3) is 10.9 Å². The lowest BCUT2D eigenvalue weighted by Gasteiger charge is -1.95. The van der Waals surface area contributed by atoms with Crippen LogP contribution in [0.3, 0.4) is 0 Å². The van der Waals surface area contributed by atoms with Crippen LogP contribution in [0, 0.1) is 0 Å². The molecule has 0 fully saturated rings. The van der Waals surface area contributed by atoms with Gasteiger partial charge in [-0.2, -0.15) is 5.41 Å². The Morgan fingerprint density at radius 2 is 1.92 bits per heavy atom. The molecule has 2 nitrogen and oxygen atoms in total. The number of rotatable bonds is 1. The molecule has 2 aromatic rings. The first kappa shape index (κ1) is 6.98. The van der Waals surface area contributed by atoms with Crippen molar-refractivity contribution in [3.8, 4) is 0 Å². The van der Waals surface area contributed by atoms with Gasteiger partial charge in [0.2, 0.25) is 0 Å². The average molecular weight is 155 g/mol. The molecule has 0 atom stereocenters. The molecule has 0 bridgehead atoms. The fourth-order valence-corrected chi connectivity index (χ4v) is 1.15. The standard InChI is InChI=1S/C10H7N2/c11-7-9-6-5-8-3-1-2-4-10(8)12-9/h1-7H. The molecule has 2 heteroatoms. The van der Waals surface area contributed by atoms with Gasteiger partial charge < -0.3 is 0 Å². The molecule has 57 valence electrons. The van der Waals surface area contributed by atoms with Crippen LogP contribution >= 0.6 is 0 Å². The third-order valence-corrected chi connectivity index (χ3v) is 1.75. The average Bonchev–Trinajstić information content (AvgIpc) is 2.17. The van der Waals surface area contributed by atoms with Crippen LogP contribution in [0.15, 0.2) is 36.4 Å². The fourth-order valence-electron chi connectivity index (χ4n) is 1.15. The number of hydrogen-bond acceptors (Lipinski definition) is 1. The van der Waals surface area contributed by atoms with Crippen LogP contribution in [-0.2, 0) is 0 Å². The van der Waals surface area contributed by atoms with Crippen LogP contribution in [-0.4, -0.2) is 11.2 Å². The van der Waals surface area contributed by atoms with Gasteiger partial charge in [0.1, 0.15) is 0 Å². The lowest BCUT2D eigenvalue weighted by molar-refractivity contribution is 1.38. The SMILES string of the molecule is [N]=Cc1ccc2ccccc2n1. The largest absolute Gasteiger partial charge is 0.247 e. The van der Waals surface area contributed by atoms with Crippen molar-refractivity contribution in [1.29, 1.82) is 0 Å². The third-order valence-electron chi connectivity index (χ3n) is 1.75. The van der Waals surface area contributed by atoms with Crippen molar-refractivity contribution < 1.29 is 0 Å². The summed E-state index contributed by atoms with van der Waals surface area (Å²) in [6, 6.07) is 11.5. The topological polar surface area (TPSA) is 35.2 Å². The fraction of sp³-hybridized carbons (Fsp3) is 0. The number of benzene rings is 1. The second-order valence-electron chi connectivity index (χ2n) is 2.56. The highest BCUT2D eigenvalue weighted by Gasteiger charge is 1.93. The number of fused-ring (bicyclic) bond motifs is 1. The first-order valence-electron chi connectivity index (χ1n) is 3.73. The van der Waals surface area contributed by atoms with Crippen molar-refractivity contribution in [2.45, 2.75) is 0 Å². The number of para-hydroxylation sites is 1. The number of aromatic nitrogens is 1. The van der Waals surface area contributed by atoms with Gasteiger partial charge in [-0.05, 0) is 12.1 Å². The van der Waals surface area contributed by atoms with Gasteiger partial charge in [-0.3, -0.25) is 0 Å². The van der Waals surface area contributed by atoms with Crippen LogP contribution < -0.4 is 5.41 Å². The maximum absolute atomic E-state index is 8.71. The molecular weight excluding hydrogens is 148 g/mol. The van der Waals surface area contributed by atoms with Crippen LogP contribution in [0.2, 0.25) is 0 Å². The zero-order chi connectivity index (χ0) is 8.39. The predicted octanol–water partition coefficient (Wildman–Crippen LogP) is 1.45. The first-order chi connectivity index (χ1) is 5.90. The van der Waals surface area contributed by atoms with E-state index < -0.39 is 0 Å². The summed E-state index contributed by atoms with van der Waals surface area (Å²) < 4.78 is 0. The van der Waals surface area contributed by atoms with Gasteiger partial charge in [0.05, 0.1) is 17.4 Å². The van der Waals surface area contributed by atoms with Gasteiger partial charge >= 0.3 is 0 Å². The van der Waals surface area contributed by atoms with E-state index in [2.05, 4.69) is 4.98 Å². The normalized spacial score (nSPS) is 10.0. The lowest BCUT2D eigenvalue weighted by Crippen LogP contribution is -1.87. The van der Waals surface area contributed by atoms with E-state index in [1.54, 1.807) is 6.07 Å². The molecule has 0 saturated heterocycles. The molecular formula is C10H7N2. The highest BCUT2D eigenvalue weighted by molar-refractivity contribution is 5.84. The quantitative estimate of drug-likeness (QED) is 0.574. The van der Waals surface area contributed by atoms with E-state index in [0.717, 1.165) is 17.1 Å². The van der Waals surface area contributed by atoms with Crippen LogP contribution in [0.1, 0.15) is 5.69 Å². The predicted molar refractivity (Wildman–Crippen MR) is 49.0 cm³/mol. The number of nitrogens with zero attached hydrogens (tertiary/aromatic N) is 2. The highest BCUT2D eigenvalue weighted by atomic mass is 14.7. The lowest BCUT2D eigenvalue weighted by atomic mass is 10.2. The molecule has 0 amide bonds. The number of pyridine rings is 1. The molecule has 1 radical (unpaired) electrons. The summed E-state index contributed by atoms with van der Waals surface area (Å²) in [5.74, 6) is 0. The van der Waals surface area contributed by atoms with E-state index in [4.69, 9.17) is 5.41 Å². The van der Waals surface area contributed by atoms with Crippen molar-refractivity contribution >= 4 is 17.1 Å². The van der Waals surface area contributed by atoms with Gasteiger partial charge in [0.25, 0.3) is 0 Å². The van der Waals surface area contributed by atoms with E-state index >= 15 is 0 Å². The molecule has 1 heterocycles. The van der Waals surface area contributed by atoms with E-state index in [9.17, 15) is 0 Å². The molecule has 2 rings (SSSR count). The minimum absolute atomic E-state index is 0.591. The monoisotopic (exact) mass is 155 g/mol. The van der Waals surface area contributed by atoms with Crippen molar-refractivity contribution in [1.82, 2.24) is 10.4 Å². The van der Waals surface area contributed by atoms with Crippen LogP contribution in [0.5, 0.6) is 0 Å². The summed E-state index contributed by atoms with van der Waals surface area (Å²) in [6.07, 6.45) is 1.01. The Labute approximate surface area is 70.4 Å². The Balaban J connectivity index is 2.75. The Hall–Kier alpha value is -1.70. The van der Waals surface area contributed by atoms with Gasteiger partial charge in [-0.15, -0.1) is 0 Å². The molecule has 0 unspecified atom stereocenters. The molecule has 12 heavy (non-hydrogen) atoms. The summed E-state index contributed by atoms with van der Waals surface area (Å²) in [5.41, 5.74) is 1.49. The number of hydrogen-bond donors (Lipinski definition) is 0. The molecule has 0 N–H and O–H groups in total. The van der Waals surface area contributed by atoms with Crippen molar-refractivity contribution in [3.05, 3.63) is 42.1 Å². The minimum Gasteiger partial charge on any atom is -0.247 e. The zero-order valence-electron chi connectivity index (χ0n) is 6.44. The summed E-state index contributed by atoms with van der Waals surface area (Å²) in [4.78, 5) is 4.19. The van der Waals surface area contributed by atoms with Gasteiger partial charge in [0, 0.05) is 5.39 Å². The van der Waals surface area contributed by atoms with E-state index in [-0.39, 0.29) is 0 Å². The highest BCUT2D eigenvalue weighted by Crippen LogP contribution is 2.10. The second kappa shape index (κ2) is 2.74. The summed E-state index contributed by atoms with van der Waals surface area (Å²) in [7, 11) is 0. The van der Waals surface area contributed by atoms with Gasteiger partial charge in [0.15, 0.2) is 0 Å². The summed E-state index contributed by atoms with van der Waals surface area (Å²) in [5, 5.41) is 9.80. The molecule has 1 aromatic heterocycles. The third kappa shape index (κ3) is 1.07. The van der Waals surface area contributed by atoms with Crippen molar-refractivity contribution in [2.24, 2.45) is 0 Å². The van der Waals surface area contributed by atoms with Crippen LogP contribution in [0.4, 0.5) is 0 Å². The smallest absolute Gasteiger partial charge is 0.0838 e. The Kier molecular flexibility index (Phi) is 1.59. The first-order valence-corrected chi connectivity index (χ1v) is 3.73. The Bertz CT molecular complexity index is 421. The molecule has 0 saturated carbocycles. The summed E-state index contributed by atoms with van der Waals surface area (Å²) in [6.45, 7) is 0. The van der Waals surface area contributed by atoms with E-state index in [0.29, 0.717) is 5.69 Å². The minimum atomic E-state index is 0.591. The molecule has 0 aliphatic heterocycles. The van der Waals surface area contributed by atoms with E-state index in [1.165, 1.54) is 0 Å². The Morgan fingerprint density at radius 3 is 2.75 bits per heavy atom. The van der Waals surface area contributed by atoms with E-state index in [1.807, 2.05) is 30.3 Å². The summed E-state index contributed by atoms with van der Waals surface area (Å²) >= 11 is 0. The molecule has 1 aromatic carbocycles. The van der Waals surface area contributed by atoms with Crippen molar-refractivity contribution in [2.75, 3.05) is 0 Å². The van der Waals surface area contributed by atoms with Crippen molar-refractivity contribution in [3.63, 3.8) is 0 Å². The molecule has 0 aliphatic rings. The second-order valence-corrected chi connectivity index (χ2v) is 2.56. The van der Waals surface area contributed by atoms with Gasteiger partial charge in [-0.1, -0.05) is 24.3 Å². The molecule has 0 aliphatic carbocycles.